The summed E-state index contributed by atoms with van der Waals surface area (Å²) < 4.78 is 45.3. The lowest BCUT2D eigenvalue weighted by molar-refractivity contribution is -0.138. The molecular formula is C25H33N3O6S. The Morgan fingerprint density at radius 3 is 2.54 bits per heavy atom. The van der Waals surface area contributed by atoms with E-state index in [0.717, 1.165) is 12.8 Å². The molecule has 2 saturated heterocycles. The number of nitrogens with one attached hydrogen (secondary N) is 1. The van der Waals surface area contributed by atoms with E-state index < -0.39 is 16.1 Å². The molecule has 1 N–H and O–H groups in total. The highest BCUT2D eigenvalue weighted by molar-refractivity contribution is 7.89. The van der Waals surface area contributed by atoms with Gasteiger partial charge in [0.05, 0.1) is 23.8 Å². The van der Waals surface area contributed by atoms with Crippen LogP contribution >= 0.6 is 0 Å². The van der Waals surface area contributed by atoms with Crippen LogP contribution in [0.1, 0.15) is 19.8 Å². The van der Waals surface area contributed by atoms with Gasteiger partial charge in [0.15, 0.2) is 6.10 Å². The Balaban J connectivity index is 1.39. The third-order valence-electron chi connectivity index (χ3n) is 6.32. The molecule has 9 nitrogen and oxygen atoms in total. The van der Waals surface area contributed by atoms with Crippen LogP contribution in [-0.2, 0) is 19.6 Å². The molecule has 0 spiro atoms. The summed E-state index contributed by atoms with van der Waals surface area (Å²) in [6.07, 6.45) is 1.13. The molecule has 0 aromatic heterocycles. The average molecular weight is 504 g/mol. The zero-order valence-corrected chi connectivity index (χ0v) is 21.0. The van der Waals surface area contributed by atoms with E-state index in [4.69, 9.17) is 14.2 Å². The van der Waals surface area contributed by atoms with E-state index in [-0.39, 0.29) is 23.5 Å². The number of sulfonamides is 1. The van der Waals surface area contributed by atoms with E-state index in [9.17, 15) is 13.2 Å². The fraction of sp³-hybridized carbons (Fsp3) is 0.480. The van der Waals surface area contributed by atoms with E-state index in [1.54, 1.807) is 37.1 Å². The van der Waals surface area contributed by atoms with Gasteiger partial charge < -0.3 is 24.0 Å². The summed E-state index contributed by atoms with van der Waals surface area (Å²) in [6.45, 7) is 4.78. The Labute approximate surface area is 207 Å². The number of amides is 1. The molecule has 10 heteroatoms. The molecule has 2 atom stereocenters. The van der Waals surface area contributed by atoms with Gasteiger partial charge in [0, 0.05) is 39.3 Å². The minimum atomic E-state index is -3.69. The minimum absolute atomic E-state index is 0.0740. The first-order valence-electron chi connectivity index (χ1n) is 11.9. The average Bonchev–Trinajstić information content (AvgIpc) is 3.41. The first-order chi connectivity index (χ1) is 16.9. The van der Waals surface area contributed by atoms with Gasteiger partial charge in [-0.15, -0.1) is 0 Å². The summed E-state index contributed by atoms with van der Waals surface area (Å²) in [4.78, 5) is 16.9. The van der Waals surface area contributed by atoms with Crippen molar-refractivity contribution in [1.29, 1.82) is 0 Å². The molecule has 2 aliphatic heterocycles. The number of carbonyl (C=O) groups excluding carboxylic acids is 1. The molecule has 2 unspecified atom stereocenters. The monoisotopic (exact) mass is 503 g/mol. The number of methoxy groups -OCH3 is 1. The first kappa shape index (κ1) is 25.3. The zero-order chi connectivity index (χ0) is 24.8. The second kappa shape index (κ2) is 11.3. The van der Waals surface area contributed by atoms with E-state index in [0.29, 0.717) is 50.0 Å². The fourth-order valence-corrected chi connectivity index (χ4v) is 5.44. The molecule has 2 heterocycles. The van der Waals surface area contributed by atoms with Crippen molar-refractivity contribution in [3.8, 4) is 11.5 Å². The molecule has 2 fully saturated rings. The molecule has 0 saturated carbocycles. The van der Waals surface area contributed by atoms with Crippen LogP contribution in [0.4, 0.5) is 5.69 Å². The second-order valence-corrected chi connectivity index (χ2v) is 10.5. The summed E-state index contributed by atoms with van der Waals surface area (Å²) in [7, 11) is -2.13. The SMILES string of the molecule is COc1ccc(S(=O)(=O)NCC2CCCO2)cc1N1CCN(C(=O)C(C)Oc2ccccc2)CC1. The first-order valence-corrected chi connectivity index (χ1v) is 13.4. The Kier molecular flexibility index (Phi) is 8.15. The van der Waals surface area contributed by atoms with Crippen molar-refractivity contribution in [2.45, 2.75) is 36.9 Å². The zero-order valence-electron chi connectivity index (χ0n) is 20.2. The predicted molar refractivity (Wildman–Crippen MR) is 132 cm³/mol. The Morgan fingerprint density at radius 1 is 1.14 bits per heavy atom. The van der Waals surface area contributed by atoms with E-state index >= 15 is 0 Å². The summed E-state index contributed by atoms with van der Waals surface area (Å²) in [5.74, 6) is 1.17. The van der Waals surface area contributed by atoms with Crippen LogP contribution in [0.25, 0.3) is 0 Å². The maximum Gasteiger partial charge on any atom is 0.263 e. The normalized spacial score (nSPS) is 19.4. The highest BCUT2D eigenvalue weighted by Crippen LogP contribution is 2.32. The van der Waals surface area contributed by atoms with Gasteiger partial charge in [-0.3, -0.25) is 4.79 Å². The van der Waals surface area contributed by atoms with E-state index in [1.165, 1.54) is 0 Å². The van der Waals surface area contributed by atoms with E-state index in [1.807, 2.05) is 35.2 Å². The number of hydrogen-bond donors (Lipinski definition) is 1. The number of rotatable bonds is 9. The summed E-state index contributed by atoms with van der Waals surface area (Å²) in [6, 6.07) is 14.1. The van der Waals surface area contributed by atoms with Crippen molar-refractivity contribution in [2.24, 2.45) is 0 Å². The number of benzene rings is 2. The highest BCUT2D eigenvalue weighted by atomic mass is 32.2. The standard InChI is InChI=1S/C25H33N3O6S/c1-19(34-20-7-4-3-5-8-20)25(29)28-14-12-27(13-15-28)23-17-22(10-11-24(23)32-2)35(30,31)26-18-21-9-6-16-33-21/h3-5,7-8,10-11,17,19,21,26H,6,9,12-16,18H2,1-2H3. The van der Waals surface area contributed by atoms with Crippen molar-refractivity contribution >= 4 is 21.6 Å². The van der Waals surface area contributed by atoms with E-state index in [2.05, 4.69) is 4.72 Å². The van der Waals surface area contributed by atoms with Crippen molar-refractivity contribution in [3.05, 3.63) is 48.5 Å². The van der Waals surface area contributed by atoms with Crippen molar-refractivity contribution in [1.82, 2.24) is 9.62 Å². The van der Waals surface area contributed by atoms with Crippen LogP contribution in [0, 0.1) is 0 Å². The third-order valence-corrected chi connectivity index (χ3v) is 7.74. The Hall–Kier alpha value is -2.82. The molecule has 0 bridgehead atoms. The van der Waals surface area contributed by atoms with Gasteiger partial charge in [0.1, 0.15) is 11.5 Å². The second-order valence-electron chi connectivity index (χ2n) is 8.71. The number of hydrogen-bond acceptors (Lipinski definition) is 7. The number of para-hydroxylation sites is 1. The molecule has 35 heavy (non-hydrogen) atoms. The van der Waals surface area contributed by atoms with Crippen LogP contribution in [0.2, 0.25) is 0 Å². The molecule has 190 valence electrons. The largest absolute Gasteiger partial charge is 0.495 e. The fourth-order valence-electron chi connectivity index (χ4n) is 4.35. The van der Waals surface area contributed by atoms with Gasteiger partial charge in [0.2, 0.25) is 10.0 Å². The van der Waals surface area contributed by atoms with Crippen LogP contribution in [-0.4, -0.2) is 77.9 Å². The summed E-state index contributed by atoms with van der Waals surface area (Å²) >= 11 is 0. The molecular weight excluding hydrogens is 470 g/mol. The third kappa shape index (κ3) is 6.25. The smallest absolute Gasteiger partial charge is 0.263 e. The van der Waals surface area contributed by atoms with Gasteiger partial charge in [0.25, 0.3) is 5.91 Å². The lowest BCUT2D eigenvalue weighted by Crippen LogP contribution is -2.52. The molecule has 1 amide bonds. The van der Waals surface area contributed by atoms with Crippen LogP contribution in [0.5, 0.6) is 11.5 Å². The molecule has 0 aliphatic carbocycles. The lowest BCUT2D eigenvalue weighted by Gasteiger charge is -2.37. The quantitative estimate of drug-likeness (QED) is 0.561. The number of nitrogens with zero attached hydrogens (tertiary/aromatic N) is 2. The van der Waals surface area contributed by atoms with Gasteiger partial charge in [-0.1, -0.05) is 18.2 Å². The van der Waals surface area contributed by atoms with Gasteiger partial charge in [-0.25, -0.2) is 13.1 Å². The number of carbonyl (C=O) groups is 1. The summed E-state index contributed by atoms with van der Waals surface area (Å²) in [5.41, 5.74) is 0.688. The number of piperazine rings is 1. The van der Waals surface area contributed by atoms with Crippen molar-refractivity contribution in [3.63, 3.8) is 0 Å². The molecule has 2 aliphatic rings. The van der Waals surface area contributed by atoms with Crippen molar-refractivity contribution in [2.75, 3.05) is 51.3 Å². The van der Waals surface area contributed by atoms with Crippen LogP contribution in [0.3, 0.4) is 0 Å². The maximum atomic E-state index is 12.9. The highest BCUT2D eigenvalue weighted by Gasteiger charge is 2.28. The summed E-state index contributed by atoms with van der Waals surface area (Å²) in [5, 5.41) is 0. The molecule has 4 rings (SSSR count). The predicted octanol–water partition coefficient (Wildman–Crippen LogP) is 2.27. The lowest BCUT2D eigenvalue weighted by atomic mass is 10.2. The molecule has 2 aromatic rings. The Bertz CT molecular complexity index is 1100. The van der Waals surface area contributed by atoms with Gasteiger partial charge >= 0.3 is 0 Å². The number of ether oxygens (including phenoxy) is 3. The maximum absolute atomic E-state index is 12.9. The number of anilines is 1. The van der Waals surface area contributed by atoms with Crippen LogP contribution < -0.4 is 19.1 Å². The minimum Gasteiger partial charge on any atom is -0.495 e. The van der Waals surface area contributed by atoms with Gasteiger partial charge in [-0.05, 0) is 50.1 Å². The Morgan fingerprint density at radius 2 is 1.89 bits per heavy atom. The molecule has 2 aromatic carbocycles. The van der Waals surface area contributed by atoms with Crippen molar-refractivity contribution < 1.29 is 27.4 Å². The topological polar surface area (TPSA) is 97.4 Å². The van der Waals surface area contributed by atoms with Crippen LogP contribution in [0.15, 0.2) is 53.4 Å². The van der Waals surface area contributed by atoms with Gasteiger partial charge in [-0.2, -0.15) is 0 Å². The molecule has 0 radical (unpaired) electrons.